The number of benzene rings is 8. The van der Waals surface area contributed by atoms with Crippen LogP contribution in [0.15, 0.2) is 188 Å². The molecule has 10 aromatic rings. The van der Waals surface area contributed by atoms with Crippen molar-refractivity contribution in [2.24, 2.45) is 0 Å². The van der Waals surface area contributed by atoms with Gasteiger partial charge in [0, 0.05) is 32.1 Å². The van der Waals surface area contributed by atoms with Gasteiger partial charge in [0.15, 0.2) is 7.14 Å². The van der Waals surface area contributed by atoms with E-state index in [1.165, 1.54) is 27.1 Å². The Morgan fingerprint density at radius 3 is 1.71 bits per heavy atom. The van der Waals surface area contributed by atoms with Gasteiger partial charge in [-0.2, -0.15) is 0 Å². The highest BCUT2D eigenvalue weighted by Gasteiger charge is 2.29. The minimum Gasteiger partial charge on any atom is -0.309 e. The van der Waals surface area contributed by atoms with Gasteiger partial charge in [-0.05, 0) is 51.2 Å². The van der Waals surface area contributed by atoms with Gasteiger partial charge < -0.3 is 4.57 Å². The van der Waals surface area contributed by atoms with Crippen molar-refractivity contribution in [2.75, 3.05) is 0 Å². The van der Waals surface area contributed by atoms with E-state index >= 15 is 0 Å². The fourth-order valence-corrected chi connectivity index (χ4v) is 10.4. The largest absolute Gasteiger partial charge is 0.309 e. The molecule has 2 heterocycles. The molecule has 2 aromatic heterocycles. The van der Waals surface area contributed by atoms with Gasteiger partial charge in [-0.3, -0.25) is 4.40 Å². The van der Waals surface area contributed by atoms with Gasteiger partial charge in [0.1, 0.15) is 5.65 Å². The van der Waals surface area contributed by atoms with E-state index in [2.05, 4.69) is 120 Å². The molecule has 51 heavy (non-hydrogen) atoms. The second kappa shape index (κ2) is 11.7. The molecule has 3 nitrogen and oxygen atoms in total. The lowest BCUT2D eigenvalue weighted by Crippen LogP contribution is -2.24. The molecule has 0 unspecified atom stereocenters. The Kier molecular flexibility index (Phi) is 6.77. The molecule has 0 bridgehead atoms. The summed E-state index contributed by atoms with van der Waals surface area (Å²) in [6.45, 7) is 0. The summed E-state index contributed by atoms with van der Waals surface area (Å²) in [4.78, 5) is 5.21. The SMILES string of the molecule is O=P(c1ccccc1)(c1ccccc1)c1ccc(-c2cccc(-c3ccc4nc5c6ccccc6c6ccc7ccccc7c6n5c4c3)c2)cc1. The Hall–Kier alpha value is -6.28. The maximum absolute atomic E-state index is 14.9. The summed E-state index contributed by atoms with van der Waals surface area (Å²) in [7, 11) is -3.04. The monoisotopic (exact) mass is 670 g/mol. The predicted molar refractivity (Wildman–Crippen MR) is 215 cm³/mol. The van der Waals surface area contributed by atoms with Crippen molar-refractivity contribution in [1.29, 1.82) is 0 Å². The number of hydrogen-bond acceptors (Lipinski definition) is 2. The van der Waals surface area contributed by atoms with Crippen LogP contribution in [0.4, 0.5) is 0 Å². The van der Waals surface area contributed by atoms with Gasteiger partial charge >= 0.3 is 0 Å². The Balaban J connectivity index is 1.10. The van der Waals surface area contributed by atoms with Crippen LogP contribution in [0, 0.1) is 0 Å². The maximum atomic E-state index is 14.9. The van der Waals surface area contributed by atoms with Gasteiger partial charge in [0.2, 0.25) is 0 Å². The summed E-state index contributed by atoms with van der Waals surface area (Å²) in [5, 5.41) is 8.50. The molecule has 4 heteroatoms. The average molecular weight is 671 g/mol. The van der Waals surface area contributed by atoms with Gasteiger partial charge in [0.05, 0.1) is 16.6 Å². The quantitative estimate of drug-likeness (QED) is 0.135. The maximum Gasteiger partial charge on any atom is 0.171 e. The lowest BCUT2D eigenvalue weighted by Gasteiger charge is -2.20. The fraction of sp³-hybridized carbons (Fsp3) is 0. The molecular weight excluding hydrogens is 640 g/mol. The van der Waals surface area contributed by atoms with Crippen LogP contribution in [0.5, 0.6) is 0 Å². The first-order valence-electron chi connectivity index (χ1n) is 17.2. The van der Waals surface area contributed by atoms with Crippen molar-refractivity contribution in [2.45, 2.75) is 0 Å². The summed E-state index contributed by atoms with van der Waals surface area (Å²) in [5.41, 5.74) is 8.64. The highest BCUT2D eigenvalue weighted by atomic mass is 31.2. The molecule has 240 valence electrons. The van der Waals surface area contributed by atoms with Crippen molar-refractivity contribution < 1.29 is 4.57 Å². The molecular formula is C47H31N2OP. The van der Waals surface area contributed by atoms with Crippen LogP contribution in [0.2, 0.25) is 0 Å². The summed E-state index contributed by atoms with van der Waals surface area (Å²) < 4.78 is 17.3. The first-order valence-corrected chi connectivity index (χ1v) is 18.9. The van der Waals surface area contributed by atoms with Crippen LogP contribution >= 0.6 is 7.14 Å². The van der Waals surface area contributed by atoms with Crippen molar-refractivity contribution >= 4 is 72.2 Å². The molecule has 10 rings (SSSR count). The predicted octanol–water partition coefficient (Wildman–Crippen LogP) is 10.9. The molecule has 0 aliphatic rings. The van der Waals surface area contributed by atoms with Crippen molar-refractivity contribution in [3.63, 3.8) is 0 Å². The molecule has 0 saturated carbocycles. The zero-order chi connectivity index (χ0) is 33.9. The molecule has 0 aliphatic carbocycles. The standard InChI is InChI=1S/C47H31N2OP/c50-51(37-15-3-1-4-16-37,38-17-5-2-6-18-38)39-26-22-32(23-27-39)34-13-11-14-35(30-34)36-25-29-44-45(31-36)49-46-40-19-8-7-12-33(40)24-28-42(46)41-20-9-10-21-43(41)47(49)48-44/h1-31H. The minimum absolute atomic E-state index is 0.824. The van der Waals surface area contributed by atoms with Crippen molar-refractivity contribution in [3.8, 4) is 22.3 Å². The summed E-state index contributed by atoms with van der Waals surface area (Å²) in [5.74, 6) is 0. The third-order valence-corrected chi connectivity index (χ3v) is 13.3. The van der Waals surface area contributed by atoms with Crippen molar-refractivity contribution in [3.05, 3.63) is 188 Å². The lowest BCUT2D eigenvalue weighted by molar-refractivity contribution is 0.592. The van der Waals surface area contributed by atoms with Crippen LogP contribution in [0.3, 0.4) is 0 Å². The normalized spacial score (nSPS) is 12.0. The zero-order valence-corrected chi connectivity index (χ0v) is 28.5. The van der Waals surface area contributed by atoms with Gasteiger partial charge in [-0.1, -0.05) is 170 Å². The van der Waals surface area contributed by atoms with Crippen molar-refractivity contribution in [1.82, 2.24) is 9.38 Å². The van der Waals surface area contributed by atoms with E-state index in [0.717, 1.165) is 60.2 Å². The first-order chi connectivity index (χ1) is 25.2. The number of aromatic nitrogens is 2. The lowest BCUT2D eigenvalue weighted by atomic mass is 9.98. The number of imidazole rings is 1. The van der Waals surface area contributed by atoms with Gasteiger partial charge in [-0.15, -0.1) is 0 Å². The molecule has 8 aromatic carbocycles. The third-order valence-electron chi connectivity index (χ3n) is 10.2. The Bertz CT molecular complexity index is 2940. The number of fused-ring (bicyclic) bond motifs is 10. The van der Waals surface area contributed by atoms with Crippen LogP contribution in [-0.2, 0) is 4.57 Å². The molecule has 0 aliphatic heterocycles. The van der Waals surface area contributed by atoms with Gasteiger partial charge in [0.25, 0.3) is 0 Å². The molecule has 0 spiro atoms. The average Bonchev–Trinajstić information content (AvgIpc) is 3.60. The van der Waals surface area contributed by atoms with E-state index in [1.54, 1.807) is 0 Å². The van der Waals surface area contributed by atoms with E-state index in [4.69, 9.17) is 4.98 Å². The van der Waals surface area contributed by atoms with E-state index in [0.29, 0.717) is 0 Å². The van der Waals surface area contributed by atoms with Crippen LogP contribution in [-0.4, -0.2) is 9.38 Å². The van der Waals surface area contributed by atoms with Gasteiger partial charge in [-0.25, -0.2) is 4.98 Å². The third kappa shape index (κ3) is 4.66. The van der Waals surface area contributed by atoms with E-state index in [-0.39, 0.29) is 0 Å². The molecule has 0 amide bonds. The Morgan fingerprint density at radius 2 is 0.980 bits per heavy atom. The molecule has 0 saturated heterocycles. The van der Waals surface area contributed by atoms with E-state index < -0.39 is 7.14 Å². The Morgan fingerprint density at radius 1 is 0.412 bits per heavy atom. The topological polar surface area (TPSA) is 34.4 Å². The highest BCUT2D eigenvalue weighted by molar-refractivity contribution is 7.85. The number of rotatable bonds is 5. The molecule has 0 fully saturated rings. The molecule has 0 N–H and O–H groups in total. The smallest absolute Gasteiger partial charge is 0.171 e. The second-order valence-electron chi connectivity index (χ2n) is 13.1. The van der Waals surface area contributed by atoms with Crippen LogP contribution < -0.4 is 15.9 Å². The number of hydrogen-bond donors (Lipinski definition) is 0. The molecule has 0 atom stereocenters. The highest BCUT2D eigenvalue weighted by Crippen LogP contribution is 2.43. The fourth-order valence-electron chi connectivity index (χ4n) is 7.75. The number of pyridine rings is 1. The second-order valence-corrected chi connectivity index (χ2v) is 15.9. The zero-order valence-electron chi connectivity index (χ0n) is 27.6. The van der Waals surface area contributed by atoms with E-state index in [9.17, 15) is 4.57 Å². The minimum atomic E-state index is -3.04. The summed E-state index contributed by atoms with van der Waals surface area (Å²) >= 11 is 0. The summed E-state index contributed by atoms with van der Waals surface area (Å²) in [6, 6.07) is 64.9. The number of nitrogens with zero attached hydrogens (tertiary/aromatic N) is 2. The first kappa shape index (κ1) is 29.6. The van der Waals surface area contributed by atoms with Crippen LogP contribution in [0.25, 0.3) is 71.4 Å². The van der Waals surface area contributed by atoms with E-state index in [1.807, 2.05) is 72.8 Å². The van der Waals surface area contributed by atoms with Crippen LogP contribution in [0.1, 0.15) is 0 Å². The Labute approximate surface area is 295 Å². The summed E-state index contributed by atoms with van der Waals surface area (Å²) in [6.07, 6.45) is 0. The molecule has 0 radical (unpaired) electrons.